The Balaban J connectivity index is 1.73. The molecule has 0 radical (unpaired) electrons. The van der Waals surface area contributed by atoms with Crippen molar-refractivity contribution in [1.29, 1.82) is 0 Å². The topological polar surface area (TPSA) is 35.0 Å². The molecular formula is C22H24N2OS. The molecule has 0 atom stereocenters. The van der Waals surface area contributed by atoms with E-state index < -0.39 is 0 Å². The molecule has 0 bridgehead atoms. The predicted molar refractivity (Wildman–Crippen MR) is 108 cm³/mol. The van der Waals surface area contributed by atoms with E-state index in [2.05, 4.69) is 67.1 Å². The molecule has 0 saturated carbocycles. The third kappa shape index (κ3) is 5.09. The standard InChI is InChI=1S/C22H24N2OS/c1-15(2)19-6-5-7-20(13-19)25-21-12-17(4)23-22(24-21)26-14-18-10-8-16(3)9-11-18/h5-13,15H,14H2,1-4H3. The van der Waals surface area contributed by atoms with Crippen LogP contribution in [-0.4, -0.2) is 9.97 Å². The minimum Gasteiger partial charge on any atom is -0.439 e. The minimum atomic E-state index is 0.464. The first-order valence-electron chi connectivity index (χ1n) is 8.81. The van der Waals surface area contributed by atoms with Crippen LogP contribution in [0.4, 0.5) is 0 Å². The summed E-state index contributed by atoms with van der Waals surface area (Å²) in [6, 6.07) is 18.6. The number of ether oxygens (including phenoxy) is 1. The van der Waals surface area contributed by atoms with Crippen LogP contribution in [0, 0.1) is 13.8 Å². The van der Waals surface area contributed by atoms with Crippen LogP contribution >= 0.6 is 11.8 Å². The number of aryl methyl sites for hydroxylation is 2. The maximum Gasteiger partial charge on any atom is 0.223 e. The van der Waals surface area contributed by atoms with Gasteiger partial charge in [0.2, 0.25) is 5.88 Å². The molecule has 0 N–H and O–H groups in total. The summed E-state index contributed by atoms with van der Waals surface area (Å²) in [4.78, 5) is 9.09. The van der Waals surface area contributed by atoms with Crippen molar-refractivity contribution in [2.45, 2.75) is 44.5 Å². The molecule has 0 saturated heterocycles. The third-order valence-electron chi connectivity index (χ3n) is 4.05. The van der Waals surface area contributed by atoms with E-state index in [4.69, 9.17) is 4.74 Å². The molecule has 0 spiro atoms. The van der Waals surface area contributed by atoms with Crippen LogP contribution in [0.3, 0.4) is 0 Å². The normalized spacial score (nSPS) is 11.0. The van der Waals surface area contributed by atoms with Crippen molar-refractivity contribution in [1.82, 2.24) is 9.97 Å². The number of hydrogen-bond acceptors (Lipinski definition) is 4. The van der Waals surface area contributed by atoms with Crippen molar-refractivity contribution in [3.63, 3.8) is 0 Å². The highest BCUT2D eigenvalue weighted by Gasteiger charge is 2.07. The Labute approximate surface area is 159 Å². The fourth-order valence-corrected chi connectivity index (χ4v) is 3.37. The van der Waals surface area contributed by atoms with Gasteiger partial charge in [0.1, 0.15) is 5.75 Å². The average molecular weight is 365 g/mol. The van der Waals surface area contributed by atoms with Gasteiger partial charge in [-0.05, 0) is 43.0 Å². The van der Waals surface area contributed by atoms with Crippen LogP contribution in [0.5, 0.6) is 11.6 Å². The van der Waals surface area contributed by atoms with Crippen molar-refractivity contribution < 1.29 is 4.74 Å². The molecule has 0 aliphatic carbocycles. The molecular weight excluding hydrogens is 340 g/mol. The molecule has 0 aliphatic rings. The lowest BCUT2D eigenvalue weighted by Crippen LogP contribution is -1.96. The zero-order chi connectivity index (χ0) is 18.5. The molecule has 26 heavy (non-hydrogen) atoms. The van der Waals surface area contributed by atoms with E-state index in [0.717, 1.165) is 22.4 Å². The third-order valence-corrected chi connectivity index (χ3v) is 4.96. The lowest BCUT2D eigenvalue weighted by Gasteiger charge is -2.10. The smallest absolute Gasteiger partial charge is 0.223 e. The highest BCUT2D eigenvalue weighted by atomic mass is 32.2. The Morgan fingerprint density at radius 3 is 2.46 bits per heavy atom. The van der Waals surface area contributed by atoms with E-state index in [1.807, 2.05) is 25.1 Å². The van der Waals surface area contributed by atoms with Gasteiger partial charge in [0.05, 0.1) is 0 Å². The first-order chi connectivity index (χ1) is 12.5. The quantitative estimate of drug-likeness (QED) is 0.380. The molecule has 134 valence electrons. The van der Waals surface area contributed by atoms with E-state index in [0.29, 0.717) is 11.8 Å². The Bertz CT molecular complexity index is 876. The second kappa shape index (κ2) is 8.37. The first kappa shape index (κ1) is 18.5. The van der Waals surface area contributed by atoms with Crippen LogP contribution in [0.25, 0.3) is 0 Å². The predicted octanol–water partition coefficient (Wildman–Crippen LogP) is 6.30. The molecule has 0 unspecified atom stereocenters. The van der Waals surface area contributed by atoms with Gasteiger partial charge in [0.25, 0.3) is 0 Å². The summed E-state index contributed by atoms with van der Waals surface area (Å²) in [5.41, 5.74) is 4.69. The van der Waals surface area contributed by atoms with Gasteiger partial charge in [-0.15, -0.1) is 0 Å². The summed E-state index contributed by atoms with van der Waals surface area (Å²) >= 11 is 1.62. The Morgan fingerprint density at radius 2 is 1.73 bits per heavy atom. The fraction of sp³-hybridized carbons (Fsp3) is 0.273. The number of aromatic nitrogens is 2. The SMILES string of the molecule is Cc1ccc(CSc2nc(C)cc(Oc3cccc(C(C)C)c3)n2)cc1. The Morgan fingerprint density at radius 1 is 0.962 bits per heavy atom. The summed E-state index contributed by atoms with van der Waals surface area (Å²) < 4.78 is 5.99. The lowest BCUT2D eigenvalue weighted by atomic mass is 10.0. The molecule has 3 aromatic rings. The number of hydrogen-bond donors (Lipinski definition) is 0. The summed E-state index contributed by atoms with van der Waals surface area (Å²) in [5, 5.41) is 0.737. The second-order valence-corrected chi connectivity index (χ2v) is 7.68. The largest absolute Gasteiger partial charge is 0.439 e. The number of nitrogens with zero attached hydrogens (tertiary/aromatic N) is 2. The van der Waals surface area contributed by atoms with Crippen molar-refractivity contribution in [3.8, 4) is 11.6 Å². The van der Waals surface area contributed by atoms with Gasteiger partial charge in [-0.1, -0.05) is 67.6 Å². The molecule has 1 heterocycles. The summed E-state index contributed by atoms with van der Waals surface area (Å²) in [7, 11) is 0. The van der Waals surface area contributed by atoms with Crippen LogP contribution in [0.1, 0.15) is 42.1 Å². The van der Waals surface area contributed by atoms with Gasteiger partial charge in [-0.3, -0.25) is 0 Å². The zero-order valence-corrected chi connectivity index (χ0v) is 16.5. The summed E-state index contributed by atoms with van der Waals surface area (Å²) in [6.07, 6.45) is 0. The highest BCUT2D eigenvalue weighted by molar-refractivity contribution is 7.98. The van der Waals surface area contributed by atoms with Gasteiger partial charge in [-0.2, -0.15) is 4.98 Å². The van der Waals surface area contributed by atoms with Crippen LogP contribution < -0.4 is 4.74 Å². The van der Waals surface area contributed by atoms with Crippen molar-refractivity contribution in [2.24, 2.45) is 0 Å². The van der Waals surface area contributed by atoms with Gasteiger partial charge in [-0.25, -0.2) is 4.98 Å². The van der Waals surface area contributed by atoms with E-state index in [-0.39, 0.29) is 0 Å². The van der Waals surface area contributed by atoms with Crippen LogP contribution in [0.2, 0.25) is 0 Å². The van der Waals surface area contributed by atoms with Gasteiger partial charge in [0, 0.05) is 17.5 Å². The molecule has 3 nitrogen and oxygen atoms in total. The zero-order valence-electron chi connectivity index (χ0n) is 15.7. The van der Waals surface area contributed by atoms with Gasteiger partial charge in [0.15, 0.2) is 5.16 Å². The molecule has 0 aliphatic heterocycles. The van der Waals surface area contributed by atoms with E-state index in [9.17, 15) is 0 Å². The summed E-state index contributed by atoms with van der Waals surface area (Å²) in [6.45, 7) is 8.41. The highest BCUT2D eigenvalue weighted by Crippen LogP contribution is 2.27. The lowest BCUT2D eigenvalue weighted by molar-refractivity contribution is 0.453. The second-order valence-electron chi connectivity index (χ2n) is 6.73. The summed E-state index contributed by atoms with van der Waals surface area (Å²) in [5.74, 6) is 2.70. The minimum absolute atomic E-state index is 0.464. The maximum atomic E-state index is 5.99. The van der Waals surface area contributed by atoms with Crippen molar-refractivity contribution in [3.05, 3.63) is 77.0 Å². The van der Waals surface area contributed by atoms with E-state index in [1.54, 1.807) is 11.8 Å². The molecule has 0 amide bonds. The number of rotatable bonds is 6. The first-order valence-corrected chi connectivity index (χ1v) is 9.80. The fourth-order valence-electron chi connectivity index (χ4n) is 2.52. The monoisotopic (exact) mass is 364 g/mol. The number of benzene rings is 2. The molecule has 3 rings (SSSR count). The molecule has 1 aromatic heterocycles. The molecule has 4 heteroatoms. The number of thioether (sulfide) groups is 1. The van der Waals surface area contributed by atoms with Crippen LogP contribution in [0.15, 0.2) is 59.8 Å². The van der Waals surface area contributed by atoms with Gasteiger partial charge >= 0.3 is 0 Å². The molecule has 2 aromatic carbocycles. The van der Waals surface area contributed by atoms with Crippen molar-refractivity contribution >= 4 is 11.8 Å². The average Bonchev–Trinajstić information content (AvgIpc) is 2.61. The van der Waals surface area contributed by atoms with Gasteiger partial charge < -0.3 is 4.74 Å². The van der Waals surface area contributed by atoms with Crippen molar-refractivity contribution in [2.75, 3.05) is 0 Å². The van der Waals surface area contributed by atoms with Crippen LogP contribution in [-0.2, 0) is 5.75 Å². The van der Waals surface area contributed by atoms with E-state index >= 15 is 0 Å². The molecule has 0 fully saturated rings. The Kier molecular flexibility index (Phi) is 5.94. The maximum absolute atomic E-state index is 5.99. The Hall–Kier alpha value is -2.33. The van der Waals surface area contributed by atoms with E-state index in [1.165, 1.54) is 16.7 Å².